The lowest BCUT2D eigenvalue weighted by atomic mass is 10.1. The van der Waals surface area contributed by atoms with E-state index in [0.717, 1.165) is 12.3 Å². The molecule has 1 aromatic carbocycles. The second-order valence-corrected chi connectivity index (χ2v) is 4.52. The Hall–Kier alpha value is -2.11. The average Bonchev–Trinajstić information content (AvgIpc) is 2.55. The van der Waals surface area contributed by atoms with Crippen molar-refractivity contribution in [2.24, 2.45) is 0 Å². The summed E-state index contributed by atoms with van der Waals surface area (Å²) in [6, 6.07) is 4.89. The van der Waals surface area contributed by atoms with E-state index in [2.05, 4.69) is 4.98 Å². The average molecular weight is 283 g/mol. The van der Waals surface area contributed by atoms with Gasteiger partial charge in [0.05, 0.1) is 11.3 Å². The molecule has 1 aromatic heterocycles. The Morgan fingerprint density at radius 1 is 1.05 bits per heavy atom. The predicted molar refractivity (Wildman–Crippen MR) is 63.1 cm³/mol. The molecule has 2 nitrogen and oxygen atoms in total. The van der Waals surface area contributed by atoms with Crippen LogP contribution in [0, 0.1) is 5.82 Å². The molecule has 0 amide bonds. The molecule has 0 N–H and O–H groups in total. The maximum atomic E-state index is 13.2. The molecule has 0 saturated heterocycles. The monoisotopic (exact) mass is 283 g/mol. The van der Waals surface area contributed by atoms with E-state index in [1.807, 2.05) is 0 Å². The number of rotatable bonds is 0. The van der Waals surface area contributed by atoms with E-state index in [1.165, 1.54) is 18.2 Å². The maximum absolute atomic E-state index is 13.2. The van der Waals surface area contributed by atoms with Crippen molar-refractivity contribution in [1.29, 1.82) is 0 Å². The first-order valence-electron chi connectivity index (χ1n) is 5.96. The maximum Gasteiger partial charge on any atom is 0.418 e. The van der Waals surface area contributed by atoms with Crippen LogP contribution in [0.2, 0.25) is 0 Å². The van der Waals surface area contributed by atoms with Crippen molar-refractivity contribution in [1.82, 2.24) is 4.98 Å². The number of halogens is 4. The fraction of sp³-hybridized carbons (Fsp3) is 0.214. The van der Waals surface area contributed by atoms with Gasteiger partial charge in [0, 0.05) is 6.20 Å². The van der Waals surface area contributed by atoms with E-state index in [0.29, 0.717) is 29.8 Å². The summed E-state index contributed by atoms with van der Waals surface area (Å²) in [5.41, 5.74) is 0.202. The molecule has 3 rings (SSSR count). The van der Waals surface area contributed by atoms with Crippen molar-refractivity contribution in [2.75, 3.05) is 0 Å². The Bertz CT molecular complexity index is 667. The van der Waals surface area contributed by atoms with Gasteiger partial charge in [-0.1, -0.05) is 0 Å². The molecule has 104 valence electrons. The quantitative estimate of drug-likeness (QED) is 0.678. The summed E-state index contributed by atoms with van der Waals surface area (Å²) in [4.78, 5) is 3.81. The van der Waals surface area contributed by atoms with Gasteiger partial charge in [0.15, 0.2) is 0 Å². The number of aromatic nitrogens is 1. The fourth-order valence-electron chi connectivity index (χ4n) is 2.12. The van der Waals surface area contributed by atoms with Crippen LogP contribution in [-0.2, 0) is 19.0 Å². The Morgan fingerprint density at radius 3 is 2.60 bits per heavy atom. The van der Waals surface area contributed by atoms with Crippen LogP contribution in [0.5, 0.6) is 11.5 Å². The molecule has 2 aromatic rings. The fourth-order valence-corrected chi connectivity index (χ4v) is 2.12. The molecule has 0 atom stereocenters. The van der Waals surface area contributed by atoms with Crippen LogP contribution in [-0.4, -0.2) is 4.98 Å². The minimum absolute atomic E-state index is 0.0742. The van der Waals surface area contributed by atoms with Crippen LogP contribution in [0.1, 0.15) is 16.8 Å². The second-order valence-electron chi connectivity index (χ2n) is 4.52. The van der Waals surface area contributed by atoms with E-state index in [4.69, 9.17) is 4.74 Å². The molecule has 1 aliphatic heterocycles. The summed E-state index contributed by atoms with van der Waals surface area (Å²) in [6.07, 6.45) is -2.80. The number of ether oxygens (including phenoxy) is 1. The molecular weight excluding hydrogens is 274 g/mol. The van der Waals surface area contributed by atoms with Crippen molar-refractivity contribution in [3.8, 4) is 11.5 Å². The number of hydrogen-bond acceptors (Lipinski definition) is 2. The SMILES string of the molecule is Fc1ccc2c(c1)CCc1ncc(C(F)(F)F)cc1O2. The molecule has 2 heterocycles. The Labute approximate surface area is 112 Å². The van der Waals surface area contributed by atoms with Gasteiger partial charge in [0.25, 0.3) is 0 Å². The van der Waals surface area contributed by atoms with Crippen molar-refractivity contribution < 1.29 is 22.3 Å². The normalized spacial score (nSPS) is 14.0. The standard InChI is InChI=1S/C14H9F4NO/c15-10-2-4-12-8(5-10)1-3-11-13(20-12)6-9(7-19-11)14(16,17)18/h2,4-7H,1,3H2. The lowest BCUT2D eigenvalue weighted by molar-refractivity contribution is -0.137. The number of aryl methyl sites for hydroxylation is 2. The van der Waals surface area contributed by atoms with Gasteiger partial charge < -0.3 is 4.74 Å². The minimum atomic E-state index is -4.47. The molecule has 20 heavy (non-hydrogen) atoms. The lowest BCUT2D eigenvalue weighted by Crippen LogP contribution is -2.07. The van der Waals surface area contributed by atoms with E-state index in [-0.39, 0.29) is 5.75 Å². The largest absolute Gasteiger partial charge is 0.455 e. The van der Waals surface area contributed by atoms with Crippen molar-refractivity contribution in [2.45, 2.75) is 19.0 Å². The van der Waals surface area contributed by atoms with Gasteiger partial charge in [-0.05, 0) is 42.7 Å². The van der Waals surface area contributed by atoms with E-state index in [9.17, 15) is 17.6 Å². The number of hydrogen-bond donors (Lipinski definition) is 0. The zero-order chi connectivity index (χ0) is 14.3. The smallest absolute Gasteiger partial charge is 0.418 e. The molecule has 0 bridgehead atoms. The molecular formula is C14H9F4NO. The Kier molecular flexibility index (Phi) is 2.88. The molecule has 1 aliphatic rings. The summed E-state index contributed by atoms with van der Waals surface area (Å²) >= 11 is 0. The molecule has 0 unspecified atom stereocenters. The summed E-state index contributed by atoms with van der Waals surface area (Å²) in [5, 5.41) is 0. The van der Waals surface area contributed by atoms with Gasteiger partial charge in [-0.15, -0.1) is 0 Å². The lowest BCUT2D eigenvalue weighted by Gasteiger charge is -2.11. The molecule has 0 saturated carbocycles. The number of pyridine rings is 1. The first-order valence-corrected chi connectivity index (χ1v) is 5.96. The van der Waals surface area contributed by atoms with Crippen molar-refractivity contribution >= 4 is 0 Å². The number of alkyl halides is 3. The minimum Gasteiger partial charge on any atom is -0.455 e. The number of benzene rings is 1. The molecule has 6 heteroatoms. The summed E-state index contributed by atoms with van der Waals surface area (Å²) in [6.45, 7) is 0. The van der Waals surface area contributed by atoms with Crippen LogP contribution >= 0.6 is 0 Å². The Balaban J connectivity index is 2.04. The zero-order valence-electron chi connectivity index (χ0n) is 10.2. The summed E-state index contributed by atoms with van der Waals surface area (Å²) in [5.74, 6) is 0.0405. The van der Waals surface area contributed by atoms with E-state index >= 15 is 0 Å². The number of fused-ring (bicyclic) bond motifs is 2. The first kappa shape index (κ1) is 12.9. The van der Waals surface area contributed by atoms with Crippen LogP contribution in [0.15, 0.2) is 30.5 Å². The molecule has 0 fully saturated rings. The van der Waals surface area contributed by atoms with Gasteiger partial charge >= 0.3 is 6.18 Å². The third-order valence-corrected chi connectivity index (χ3v) is 3.13. The molecule has 0 radical (unpaired) electrons. The van der Waals surface area contributed by atoms with E-state index in [1.54, 1.807) is 0 Å². The van der Waals surface area contributed by atoms with Gasteiger partial charge in [-0.25, -0.2) is 4.39 Å². The number of nitrogens with zero attached hydrogens (tertiary/aromatic N) is 1. The highest BCUT2D eigenvalue weighted by Gasteiger charge is 2.32. The third kappa shape index (κ3) is 2.33. The van der Waals surface area contributed by atoms with Crippen LogP contribution in [0.25, 0.3) is 0 Å². The van der Waals surface area contributed by atoms with Gasteiger partial charge in [0.1, 0.15) is 17.3 Å². The van der Waals surface area contributed by atoms with Crippen LogP contribution < -0.4 is 4.74 Å². The molecule has 0 aliphatic carbocycles. The second kappa shape index (κ2) is 4.47. The topological polar surface area (TPSA) is 22.1 Å². The van der Waals surface area contributed by atoms with Crippen molar-refractivity contribution in [3.05, 3.63) is 53.1 Å². The van der Waals surface area contributed by atoms with Crippen LogP contribution in [0.4, 0.5) is 17.6 Å². The van der Waals surface area contributed by atoms with E-state index < -0.39 is 17.6 Å². The van der Waals surface area contributed by atoms with Gasteiger partial charge in [0.2, 0.25) is 0 Å². The zero-order valence-corrected chi connectivity index (χ0v) is 10.2. The third-order valence-electron chi connectivity index (χ3n) is 3.13. The highest BCUT2D eigenvalue weighted by atomic mass is 19.4. The first-order chi connectivity index (χ1) is 9.43. The van der Waals surface area contributed by atoms with Crippen LogP contribution in [0.3, 0.4) is 0 Å². The summed E-state index contributed by atoms with van der Waals surface area (Å²) in [7, 11) is 0. The molecule has 0 spiro atoms. The summed E-state index contributed by atoms with van der Waals surface area (Å²) < 4.78 is 56.6. The predicted octanol–water partition coefficient (Wildman–Crippen LogP) is 4.13. The van der Waals surface area contributed by atoms with Gasteiger partial charge in [-0.3, -0.25) is 4.98 Å². The highest BCUT2D eigenvalue weighted by molar-refractivity contribution is 5.44. The Morgan fingerprint density at radius 2 is 1.85 bits per heavy atom. The van der Waals surface area contributed by atoms with Crippen molar-refractivity contribution in [3.63, 3.8) is 0 Å². The highest BCUT2D eigenvalue weighted by Crippen LogP contribution is 2.37. The van der Waals surface area contributed by atoms with Gasteiger partial charge in [-0.2, -0.15) is 13.2 Å².